The second-order valence-corrected chi connectivity index (χ2v) is 7.65. The SMILES string of the molecule is COc1ccc(OC)c(N(CC(=O)NC[C@@H]2CCCO2)S(C)(=O)=O)c1. The number of nitrogens with zero attached hydrogens (tertiary/aromatic N) is 1. The van der Waals surface area contributed by atoms with Crippen molar-refractivity contribution < 1.29 is 27.4 Å². The Morgan fingerprint density at radius 3 is 2.68 bits per heavy atom. The van der Waals surface area contributed by atoms with E-state index in [1.54, 1.807) is 12.1 Å². The molecule has 1 atom stereocenters. The van der Waals surface area contributed by atoms with Crippen molar-refractivity contribution in [2.75, 3.05) is 44.5 Å². The molecule has 0 aromatic heterocycles. The lowest BCUT2D eigenvalue weighted by Gasteiger charge is -2.24. The van der Waals surface area contributed by atoms with E-state index in [-0.39, 0.29) is 18.3 Å². The fourth-order valence-corrected chi connectivity index (χ4v) is 3.44. The molecule has 1 saturated heterocycles. The molecular formula is C16H24N2O6S. The summed E-state index contributed by atoms with van der Waals surface area (Å²) < 4.78 is 41.3. The molecule has 1 amide bonds. The molecule has 0 aliphatic carbocycles. The fraction of sp³-hybridized carbons (Fsp3) is 0.562. The number of ether oxygens (including phenoxy) is 3. The van der Waals surface area contributed by atoms with E-state index in [1.807, 2.05) is 0 Å². The van der Waals surface area contributed by atoms with Crippen LogP contribution in [0.3, 0.4) is 0 Å². The average molecular weight is 372 g/mol. The zero-order chi connectivity index (χ0) is 18.4. The molecule has 1 N–H and O–H groups in total. The maximum Gasteiger partial charge on any atom is 0.240 e. The topological polar surface area (TPSA) is 94.2 Å². The van der Waals surface area contributed by atoms with Gasteiger partial charge in [0, 0.05) is 19.2 Å². The lowest BCUT2D eigenvalue weighted by atomic mass is 10.2. The maximum atomic E-state index is 12.2. The van der Waals surface area contributed by atoms with Gasteiger partial charge in [0.05, 0.1) is 32.3 Å². The van der Waals surface area contributed by atoms with Crippen LogP contribution in [0, 0.1) is 0 Å². The number of rotatable bonds is 8. The first kappa shape index (κ1) is 19.3. The van der Waals surface area contributed by atoms with E-state index in [2.05, 4.69) is 5.32 Å². The van der Waals surface area contributed by atoms with Gasteiger partial charge in [0.1, 0.15) is 18.0 Å². The highest BCUT2D eigenvalue weighted by atomic mass is 32.2. The third-order valence-electron chi connectivity index (χ3n) is 3.89. The van der Waals surface area contributed by atoms with Crippen LogP contribution in [0.4, 0.5) is 5.69 Å². The van der Waals surface area contributed by atoms with Crippen molar-refractivity contribution in [3.05, 3.63) is 18.2 Å². The summed E-state index contributed by atoms with van der Waals surface area (Å²) in [5.41, 5.74) is 0.247. The second kappa shape index (κ2) is 8.39. The third kappa shape index (κ3) is 5.23. The predicted octanol–water partition coefficient (Wildman–Crippen LogP) is 0.765. The predicted molar refractivity (Wildman–Crippen MR) is 93.7 cm³/mol. The molecule has 1 aromatic carbocycles. The van der Waals surface area contributed by atoms with Gasteiger partial charge in [-0.3, -0.25) is 9.10 Å². The van der Waals surface area contributed by atoms with Gasteiger partial charge in [0.15, 0.2) is 0 Å². The van der Waals surface area contributed by atoms with Gasteiger partial charge in [-0.1, -0.05) is 0 Å². The number of carbonyl (C=O) groups excluding carboxylic acids is 1. The maximum absolute atomic E-state index is 12.2. The van der Waals surface area contributed by atoms with Crippen LogP contribution < -0.4 is 19.1 Å². The summed E-state index contributed by atoms with van der Waals surface area (Å²) in [7, 11) is -0.792. The molecule has 9 heteroatoms. The lowest BCUT2D eigenvalue weighted by Crippen LogP contribution is -2.42. The highest BCUT2D eigenvalue weighted by Crippen LogP contribution is 2.33. The quantitative estimate of drug-likeness (QED) is 0.724. The number of amides is 1. The van der Waals surface area contributed by atoms with Crippen molar-refractivity contribution in [3.63, 3.8) is 0 Å². The standard InChI is InChI=1S/C16H24N2O6S/c1-22-12-6-7-15(23-2)14(9-12)18(25(3,20)21)11-16(19)17-10-13-5-4-8-24-13/h6-7,9,13H,4-5,8,10-11H2,1-3H3,(H,17,19)/t13-/m0/s1. The lowest BCUT2D eigenvalue weighted by molar-refractivity contribution is -0.120. The molecule has 1 aliphatic rings. The van der Waals surface area contributed by atoms with Crippen LogP contribution in [0.1, 0.15) is 12.8 Å². The van der Waals surface area contributed by atoms with E-state index in [0.29, 0.717) is 24.7 Å². The number of methoxy groups -OCH3 is 2. The summed E-state index contributed by atoms with van der Waals surface area (Å²) in [5, 5.41) is 2.72. The Bertz CT molecular complexity index is 701. The van der Waals surface area contributed by atoms with Crippen LogP contribution in [0.2, 0.25) is 0 Å². The molecule has 25 heavy (non-hydrogen) atoms. The Hall–Kier alpha value is -2.00. The Labute approximate surface area is 148 Å². The molecule has 1 fully saturated rings. The highest BCUT2D eigenvalue weighted by molar-refractivity contribution is 7.92. The molecule has 2 rings (SSSR count). The molecule has 1 heterocycles. The monoisotopic (exact) mass is 372 g/mol. The van der Waals surface area contributed by atoms with Gasteiger partial charge in [-0.25, -0.2) is 8.42 Å². The molecule has 8 nitrogen and oxygen atoms in total. The Morgan fingerprint density at radius 2 is 2.12 bits per heavy atom. The van der Waals surface area contributed by atoms with Gasteiger partial charge in [-0.2, -0.15) is 0 Å². The van der Waals surface area contributed by atoms with Crippen LogP contribution in [-0.2, 0) is 19.6 Å². The van der Waals surface area contributed by atoms with Gasteiger partial charge < -0.3 is 19.5 Å². The normalized spacial score (nSPS) is 17.2. The van der Waals surface area contributed by atoms with Gasteiger partial charge in [-0.15, -0.1) is 0 Å². The van der Waals surface area contributed by atoms with Crippen molar-refractivity contribution in [1.29, 1.82) is 0 Å². The van der Waals surface area contributed by atoms with Gasteiger partial charge in [0.2, 0.25) is 15.9 Å². The number of hydrogen-bond acceptors (Lipinski definition) is 6. The van der Waals surface area contributed by atoms with E-state index in [1.165, 1.54) is 20.3 Å². The van der Waals surface area contributed by atoms with E-state index in [4.69, 9.17) is 14.2 Å². The number of benzene rings is 1. The average Bonchev–Trinajstić information content (AvgIpc) is 3.09. The molecule has 0 unspecified atom stereocenters. The van der Waals surface area contributed by atoms with Gasteiger partial charge >= 0.3 is 0 Å². The van der Waals surface area contributed by atoms with Gasteiger partial charge in [0.25, 0.3) is 0 Å². The minimum atomic E-state index is -3.70. The largest absolute Gasteiger partial charge is 0.497 e. The molecule has 0 bridgehead atoms. The van der Waals surface area contributed by atoms with E-state index in [0.717, 1.165) is 23.4 Å². The number of nitrogens with one attached hydrogen (secondary N) is 1. The Morgan fingerprint density at radius 1 is 1.36 bits per heavy atom. The summed E-state index contributed by atoms with van der Waals surface area (Å²) >= 11 is 0. The first-order chi connectivity index (χ1) is 11.8. The smallest absolute Gasteiger partial charge is 0.240 e. The summed E-state index contributed by atoms with van der Waals surface area (Å²) in [6.07, 6.45) is 2.89. The van der Waals surface area contributed by atoms with Crippen molar-refractivity contribution in [3.8, 4) is 11.5 Å². The summed E-state index contributed by atoms with van der Waals surface area (Å²) in [5.74, 6) is 0.383. The van der Waals surface area contributed by atoms with Crippen molar-refractivity contribution >= 4 is 21.6 Å². The Balaban J connectivity index is 2.17. The zero-order valence-electron chi connectivity index (χ0n) is 14.6. The van der Waals surface area contributed by atoms with Crippen LogP contribution in [0.25, 0.3) is 0 Å². The van der Waals surface area contributed by atoms with Crippen molar-refractivity contribution in [1.82, 2.24) is 5.32 Å². The van der Waals surface area contributed by atoms with E-state index < -0.39 is 15.9 Å². The summed E-state index contributed by atoms with van der Waals surface area (Å²) in [4.78, 5) is 12.2. The van der Waals surface area contributed by atoms with Crippen molar-refractivity contribution in [2.24, 2.45) is 0 Å². The van der Waals surface area contributed by atoms with Crippen molar-refractivity contribution in [2.45, 2.75) is 18.9 Å². The minimum Gasteiger partial charge on any atom is -0.497 e. The van der Waals surface area contributed by atoms with Gasteiger partial charge in [-0.05, 0) is 25.0 Å². The number of hydrogen-bond donors (Lipinski definition) is 1. The molecular weight excluding hydrogens is 348 g/mol. The minimum absolute atomic E-state index is 0.0120. The highest BCUT2D eigenvalue weighted by Gasteiger charge is 2.25. The Kier molecular flexibility index (Phi) is 6.49. The van der Waals surface area contributed by atoms with Crippen LogP contribution >= 0.6 is 0 Å². The molecule has 0 saturated carbocycles. The van der Waals surface area contributed by atoms with E-state index in [9.17, 15) is 13.2 Å². The van der Waals surface area contributed by atoms with Crippen LogP contribution in [0.5, 0.6) is 11.5 Å². The van der Waals surface area contributed by atoms with E-state index >= 15 is 0 Å². The first-order valence-corrected chi connectivity index (χ1v) is 9.78. The summed E-state index contributed by atoms with van der Waals surface area (Å²) in [6.45, 7) is 0.706. The fourth-order valence-electron chi connectivity index (χ4n) is 2.59. The third-order valence-corrected chi connectivity index (χ3v) is 5.02. The number of sulfonamides is 1. The first-order valence-electron chi connectivity index (χ1n) is 7.93. The number of anilines is 1. The van der Waals surface area contributed by atoms with Crippen LogP contribution in [-0.4, -0.2) is 60.6 Å². The molecule has 0 radical (unpaired) electrons. The molecule has 0 spiro atoms. The van der Waals surface area contributed by atoms with Crippen LogP contribution in [0.15, 0.2) is 18.2 Å². The molecule has 1 aromatic rings. The molecule has 140 valence electrons. The molecule has 1 aliphatic heterocycles. The second-order valence-electron chi connectivity index (χ2n) is 5.75. The summed E-state index contributed by atoms with van der Waals surface area (Å²) in [6, 6.07) is 4.77. The zero-order valence-corrected chi connectivity index (χ0v) is 15.5. The number of carbonyl (C=O) groups is 1.